The third-order valence-corrected chi connectivity index (χ3v) is 2.07. The van der Waals surface area contributed by atoms with Gasteiger partial charge >= 0.3 is 5.97 Å². The number of esters is 1. The fourth-order valence-electron chi connectivity index (χ4n) is 1.18. The van der Waals surface area contributed by atoms with Crippen LogP contribution in [0.5, 0.6) is 0 Å². The summed E-state index contributed by atoms with van der Waals surface area (Å²) >= 11 is 0. The highest BCUT2D eigenvalue weighted by atomic mass is 16.5. The molecule has 0 N–H and O–H groups in total. The van der Waals surface area contributed by atoms with E-state index in [1.807, 2.05) is 18.9 Å². The summed E-state index contributed by atoms with van der Waals surface area (Å²) in [5, 5.41) is 0. The Bertz CT molecular complexity index is 338. The summed E-state index contributed by atoms with van der Waals surface area (Å²) in [6.45, 7) is 4.71. The second kappa shape index (κ2) is 6.05. The van der Waals surface area contributed by atoms with E-state index >= 15 is 0 Å². The first-order chi connectivity index (χ1) is 7.63. The van der Waals surface area contributed by atoms with Crippen LogP contribution in [0.4, 0.5) is 5.95 Å². The molecule has 5 nitrogen and oxygen atoms in total. The molecule has 0 aliphatic heterocycles. The van der Waals surface area contributed by atoms with Crippen molar-refractivity contribution < 1.29 is 9.53 Å². The van der Waals surface area contributed by atoms with Crippen LogP contribution < -0.4 is 4.90 Å². The van der Waals surface area contributed by atoms with Gasteiger partial charge in [0, 0.05) is 26.0 Å². The number of carbonyl (C=O) groups excluding carboxylic acids is 1. The fraction of sp³-hybridized carbons (Fsp3) is 0.545. The van der Waals surface area contributed by atoms with Crippen LogP contribution >= 0.6 is 0 Å². The van der Waals surface area contributed by atoms with E-state index in [0.29, 0.717) is 25.5 Å². The van der Waals surface area contributed by atoms with E-state index in [1.54, 1.807) is 19.3 Å². The van der Waals surface area contributed by atoms with E-state index in [2.05, 4.69) is 9.97 Å². The monoisotopic (exact) mass is 223 g/mol. The number of ether oxygens (including phenoxy) is 1. The highest BCUT2D eigenvalue weighted by Gasteiger charge is 2.07. The molecule has 0 fully saturated rings. The molecule has 0 atom stereocenters. The number of hydrogen-bond acceptors (Lipinski definition) is 5. The van der Waals surface area contributed by atoms with E-state index < -0.39 is 0 Å². The summed E-state index contributed by atoms with van der Waals surface area (Å²) in [5.74, 6) is 0.427. The molecule has 0 spiro atoms. The van der Waals surface area contributed by atoms with Crippen molar-refractivity contribution in [2.45, 2.75) is 20.3 Å². The first-order valence-corrected chi connectivity index (χ1v) is 5.29. The van der Waals surface area contributed by atoms with E-state index in [1.165, 1.54) is 0 Å². The van der Waals surface area contributed by atoms with E-state index in [4.69, 9.17) is 4.74 Å². The average molecular weight is 223 g/mol. The smallest absolute Gasteiger partial charge is 0.307 e. The Balaban J connectivity index is 2.43. The zero-order valence-electron chi connectivity index (χ0n) is 9.93. The lowest BCUT2D eigenvalue weighted by Crippen LogP contribution is -2.23. The van der Waals surface area contributed by atoms with Gasteiger partial charge in [-0.1, -0.05) is 0 Å². The topological polar surface area (TPSA) is 55.3 Å². The molecule has 0 radical (unpaired) electrons. The molecule has 0 unspecified atom stereocenters. The van der Waals surface area contributed by atoms with Gasteiger partial charge in [0.15, 0.2) is 0 Å². The zero-order valence-corrected chi connectivity index (χ0v) is 9.93. The minimum absolute atomic E-state index is 0.193. The number of rotatable bonds is 5. The van der Waals surface area contributed by atoms with Gasteiger partial charge in [0.05, 0.1) is 13.0 Å². The molecule has 0 aliphatic rings. The molecular formula is C11H17N3O2. The van der Waals surface area contributed by atoms with Gasteiger partial charge < -0.3 is 9.64 Å². The molecule has 0 aliphatic carbocycles. The van der Waals surface area contributed by atoms with Crippen LogP contribution in [0.25, 0.3) is 0 Å². The molecule has 16 heavy (non-hydrogen) atoms. The standard InChI is InChI=1S/C11H17N3O2/c1-4-16-10(15)5-6-14(3)11-12-7-9(2)8-13-11/h7-8H,4-6H2,1-3H3. The predicted molar refractivity (Wildman–Crippen MR) is 61.3 cm³/mol. The van der Waals surface area contributed by atoms with Crippen LogP contribution in [-0.2, 0) is 9.53 Å². The number of aromatic nitrogens is 2. The third-order valence-electron chi connectivity index (χ3n) is 2.07. The normalized spacial score (nSPS) is 9.94. The lowest BCUT2D eigenvalue weighted by atomic mass is 10.4. The Hall–Kier alpha value is -1.65. The Morgan fingerprint density at radius 1 is 1.44 bits per heavy atom. The number of carbonyl (C=O) groups is 1. The molecule has 1 aromatic heterocycles. The van der Waals surface area contributed by atoms with E-state index in [-0.39, 0.29) is 5.97 Å². The summed E-state index contributed by atoms with van der Waals surface area (Å²) in [4.78, 5) is 21.3. The quantitative estimate of drug-likeness (QED) is 0.701. The number of anilines is 1. The SMILES string of the molecule is CCOC(=O)CCN(C)c1ncc(C)cn1. The molecule has 0 aromatic carbocycles. The van der Waals surface area contributed by atoms with Crippen molar-refractivity contribution in [2.24, 2.45) is 0 Å². The molecule has 1 aromatic rings. The minimum Gasteiger partial charge on any atom is -0.466 e. The number of nitrogens with zero attached hydrogens (tertiary/aromatic N) is 3. The lowest BCUT2D eigenvalue weighted by molar-refractivity contribution is -0.142. The molecule has 0 saturated carbocycles. The molecular weight excluding hydrogens is 206 g/mol. The van der Waals surface area contributed by atoms with Gasteiger partial charge in [-0.25, -0.2) is 9.97 Å². The van der Waals surface area contributed by atoms with Gasteiger partial charge in [-0.3, -0.25) is 4.79 Å². The van der Waals surface area contributed by atoms with Crippen molar-refractivity contribution in [1.82, 2.24) is 9.97 Å². The van der Waals surface area contributed by atoms with E-state index in [9.17, 15) is 4.79 Å². The molecule has 5 heteroatoms. The highest BCUT2D eigenvalue weighted by Crippen LogP contribution is 2.04. The van der Waals surface area contributed by atoms with Gasteiger partial charge in [-0.2, -0.15) is 0 Å². The summed E-state index contributed by atoms with van der Waals surface area (Å²) in [5.41, 5.74) is 1.02. The minimum atomic E-state index is -0.193. The molecule has 1 heterocycles. The Morgan fingerprint density at radius 3 is 2.62 bits per heavy atom. The molecule has 88 valence electrons. The molecule has 0 amide bonds. The van der Waals surface area contributed by atoms with Crippen molar-refractivity contribution in [1.29, 1.82) is 0 Å². The number of hydrogen-bond donors (Lipinski definition) is 0. The Kier molecular flexibility index (Phi) is 4.69. The van der Waals surface area contributed by atoms with Crippen molar-refractivity contribution in [3.8, 4) is 0 Å². The summed E-state index contributed by atoms with van der Waals surface area (Å²) < 4.78 is 4.84. The molecule has 0 bridgehead atoms. The van der Waals surface area contributed by atoms with Crippen LogP contribution in [0.1, 0.15) is 18.9 Å². The number of aryl methyl sites for hydroxylation is 1. The lowest BCUT2D eigenvalue weighted by Gasteiger charge is -2.15. The van der Waals surface area contributed by atoms with Crippen molar-refractivity contribution >= 4 is 11.9 Å². The van der Waals surface area contributed by atoms with Crippen molar-refractivity contribution in [3.63, 3.8) is 0 Å². The maximum absolute atomic E-state index is 11.1. The first kappa shape index (κ1) is 12.4. The van der Waals surface area contributed by atoms with Crippen LogP contribution in [-0.4, -0.2) is 36.1 Å². The first-order valence-electron chi connectivity index (χ1n) is 5.29. The van der Waals surface area contributed by atoms with Crippen molar-refractivity contribution in [3.05, 3.63) is 18.0 Å². The molecule has 0 saturated heterocycles. The second-order valence-corrected chi connectivity index (χ2v) is 3.54. The summed E-state index contributed by atoms with van der Waals surface area (Å²) in [7, 11) is 1.85. The summed E-state index contributed by atoms with van der Waals surface area (Å²) in [6.07, 6.45) is 3.86. The fourth-order valence-corrected chi connectivity index (χ4v) is 1.18. The van der Waals surface area contributed by atoms with Gasteiger partial charge in [0.2, 0.25) is 5.95 Å². The second-order valence-electron chi connectivity index (χ2n) is 3.54. The van der Waals surface area contributed by atoms with Gasteiger partial charge in [0.25, 0.3) is 0 Å². The van der Waals surface area contributed by atoms with Crippen LogP contribution in [0.3, 0.4) is 0 Å². The highest BCUT2D eigenvalue weighted by molar-refractivity contribution is 5.69. The average Bonchev–Trinajstić information content (AvgIpc) is 2.27. The molecule has 1 rings (SSSR count). The van der Waals surface area contributed by atoms with Gasteiger partial charge in [0.1, 0.15) is 0 Å². The predicted octanol–water partition coefficient (Wildman–Crippen LogP) is 1.17. The maximum atomic E-state index is 11.1. The van der Waals surface area contributed by atoms with E-state index in [0.717, 1.165) is 5.56 Å². The largest absolute Gasteiger partial charge is 0.466 e. The third kappa shape index (κ3) is 3.84. The Morgan fingerprint density at radius 2 is 2.06 bits per heavy atom. The van der Waals surface area contributed by atoms with Crippen LogP contribution in [0.15, 0.2) is 12.4 Å². The van der Waals surface area contributed by atoms with Gasteiger partial charge in [-0.05, 0) is 19.4 Å². The summed E-state index contributed by atoms with van der Waals surface area (Å²) in [6, 6.07) is 0. The maximum Gasteiger partial charge on any atom is 0.307 e. The Labute approximate surface area is 95.5 Å². The van der Waals surface area contributed by atoms with Crippen LogP contribution in [0, 0.1) is 6.92 Å². The van der Waals surface area contributed by atoms with Crippen LogP contribution in [0.2, 0.25) is 0 Å². The zero-order chi connectivity index (χ0) is 12.0. The van der Waals surface area contributed by atoms with Crippen molar-refractivity contribution in [2.75, 3.05) is 25.1 Å². The van der Waals surface area contributed by atoms with Gasteiger partial charge in [-0.15, -0.1) is 0 Å².